The van der Waals surface area contributed by atoms with Crippen LogP contribution in [0.1, 0.15) is 29.1 Å². The molecule has 112 valence electrons. The summed E-state index contributed by atoms with van der Waals surface area (Å²) in [6, 6.07) is 5.69. The van der Waals surface area contributed by atoms with Crippen molar-refractivity contribution < 1.29 is 4.79 Å². The van der Waals surface area contributed by atoms with Crippen molar-refractivity contribution >= 4 is 34.7 Å². The topological polar surface area (TPSA) is 45.2 Å². The van der Waals surface area contributed by atoms with Gasteiger partial charge in [-0.25, -0.2) is 4.98 Å². The Morgan fingerprint density at radius 2 is 2.29 bits per heavy atom. The van der Waals surface area contributed by atoms with Crippen molar-refractivity contribution in [3.05, 3.63) is 45.2 Å². The number of thiophene rings is 1. The quantitative estimate of drug-likeness (QED) is 0.877. The lowest BCUT2D eigenvalue weighted by Crippen LogP contribution is -2.30. The SMILES string of the molecule is CCNc1ncc(C(=O)N(CC)Cc2cccs2)cc1Cl. The van der Waals surface area contributed by atoms with Crippen molar-refractivity contribution in [2.24, 2.45) is 0 Å². The minimum Gasteiger partial charge on any atom is -0.369 e. The van der Waals surface area contributed by atoms with E-state index in [4.69, 9.17) is 11.6 Å². The third-order valence-corrected chi connectivity index (χ3v) is 4.18. The molecule has 0 aliphatic rings. The minimum absolute atomic E-state index is 0.0525. The molecule has 4 nitrogen and oxygen atoms in total. The van der Waals surface area contributed by atoms with Crippen LogP contribution in [-0.2, 0) is 6.54 Å². The summed E-state index contributed by atoms with van der Waals surface area (Å²) in [5.41, 5.74) is 0.514. The van der Waals surface area contributed by atoms with E-state index in [1.54, 1.807) is 28.5 Å². The first kappa shape index (κ1) is 15.8. The molecule has 0 aliphatic carbocycles. The van der Waals surface area contributed by atoms with E-state index < -0.39 is 0 Å². The summed E-state index contributed by atoms with van der Waals surface area (Å²) in [5.74, 6) is 0.556. The monoisotopic (exact) mass is 323 g/mol. The first-order valence-corrected chi connectivity index (χ1v) is 8.12. The van der Waals surface area contributed by atoms with Gasteiger partial charge < -0.3 is 10.2 Å². The average Bonchev–Trinajstić information content (AvgIpc) is 2.99. The Balaban J connectivity index is 2.15. The number of aromatic nitrogens is 1. The second kappa shape index (κ2) is 7.43. The molecule has 2 aromatic rings. The summed E-state index contributed by atoms with van der Waals surface area (Å²) in [6.45, 7) is 5.92. The lowest BCUT2D eigenvalue weighted by molar-refractivity contribution is 0.0754. The Labute approximate surface area is 133 Å². The highest BCUT2D eigenvalue weighted by atomic mass is 35.5. The molecule has 0 bridgehead atoms. The van der Waals surface area contributed by atoms with Gasteiger partial charge in [0.15, 0.2) is 0 Å². The van der Waals surface area contributed by atoms with Crippen LogP contribution in [0.5, 0.6) is 0 Å². The number of amides is 1. The average molecular weight is 324 g/mol. The molecule has 2 heterocycles. The van der Waals surface area contributed by atoms with Crippen LogP contribution in [0.2, 0.25) is 5.02 Å². The normalized spacial score (nSPS) is 10.4. The molecule has 0 radical (unpaired) electrons. The molecule has 2 rings (SSSR count). The van der Waals surface area contributed by atoms with E-state index in [1.807, 2.05) is 31.4 Å². The molecular formula is C15H18ClN3OS. The summed E-state index contributed by atoms with van der Waals surface area (Å²) >= 11 is 7.80. The largest absolute Gasteiger partial charge is 0.369 e. The van der Waals surface area contributed by atoms with Crippen LogP contribution in [0, 0.1) is 0 Å². The molecule has 0 aliphatic heterocycles. The zero-order chi connectivity index (χ0) is 15.2. The van der Waals surface area contributed by atoms with Crippen molar-refractivity contribution in [1.29, 1.82) is 0 Å². The third-order valence-electron chi connectivity index (χ3n) is 3.03. The lowest BCUT2D eigenvalue weighted by atomic mass is 10.2. The molecule has 6 heteroatoms. The number of anilines is 1. The van der Waals surface area contributed by atoms with Gasteiger partial charge >= 0.3 is 0 Å². The van der Waals surface area contributed by atoms with Gasteiger partial charge in [-0.15, -0.1) is 11.3 Å². The zero-order valence-corrected chi connectivity index (χ0v) is 13.7. The van der Waals surface area contributed by atoms with E-state index in [-0.39, 0.29) is 5.91 Å². The Kier molecular flexibility index (Phi) is 5.59. The number of carbonyl (C=O) groups excluding carboxylic acids is 1. The van der Waals surface area contributed by atoms with Crippen LogP contribution in [0.25, 0.3) is 0 Å². The Morgan fingerprint density at radius 1 is 1.48 bits per heavy atom. The molecule has 0 fully saturated rings. The fourth-order valence-corrected chi connectivity index (χ4v) is 2.91. The molecule has 2 aromatic heterocycles. The van der Waals surface area contributed by atoms with Crippen LogP contribution in [0.15, 0.2) is 29.8 Å². The van der Waals surface area contributed by atoms with Crippen LogP contribution < -0.4 is 5.32 Å². The number of hydrogen-bond donors (Lipinski definition) is 1. The van der Waals surface area contributed by atoms with Gasteiger partial charge in [-0.2, -0.15) is 0 Å². The molecule has 0 aromatic carbocycles. The van der Waals surface area contributed by atoms with E-state index >= 15 is 0 Å². The minimum atomic E-state index is -0.0525. The van der Waals surface area contributed by atoms with Gasteiger partial charge in [-0.05, 0) is 31.4 Å². The van der Waals surface area contributed by atoms with Gasteiger partial charge in [0.1, 0.15) is 5.82 Å². The molecule has 0 saturated heterocycles. The van der Waals surface area contributed by atoms with Crippen molar-refractivity contribution in [2.45, 2.75) is 20.4 Å². The summed E-state index contributed by atoms with van der Waals surface area (Å²) < 4.78 is 0. The highest BCUT2D eigenvalue weighted by molar-refractivity contribution is 7.09. The van der Waals surface area contributed by atoms with E-state index in [0.717, 1.165) is 11.4 Å². The molecule has 21 heavy (non-hydrogen) atoms. The van der Waals surface area contributed by atoms with Crippen LogP contribution >= 0.6 is 22.9 Å². The standard InChI is InChI=1S/C15H18ClN3OS/c1-3-17-14-13(16)8-11(9-18-14)15(20)19(4-2)10-12-6-5-7-21-12/h5-9H,3-4,10H2,1-2H3,(H,17,18). The van der Waals surface area contributed by atoms with Gasteiger partial charge in [-0.3, -0.25) is 4.79 Å². The predicted molar refractivity (Wildman–Crippen MR) is 88.1 cm³/mol. The zero-order valence-electron chi connectivity index (χ0n) is 12.1. The fraction of sp³-hybridized carbons (Fsp3) is 0.333. The first-order valence-electron chi connectivity index (χ1n) is 6.86. The van der Waals surface area contributed by atoms with Crippen molar-refractivity contribution in [2.75, 3.05) is 18.4 Å². The van der Waals surface area contributed by atoms with E-state index in [0.29, 0.717) is 29.5 Å². The van der Waals surface area contributed by atoms with Crippen molar-refractivity contribution in [1.82, 2.24) is 9.88 Å². The van der Waals surface area contributed by atoms with Crippen LogP contribution in [-0.4, -0.2) is 28.9 Å². The van der Waals surface area contributed by atoms with Gasteiger partial charge in [-0.1, -0.05) is 17.7 Å². The number of carbonyl (C=O) groups is 1. The number of nitrogens with zero attached hydrogens (tertiary/aromatic N) is 2. The number of rotatable bonds is 6. The van der Waals surface area contributed by atoms with Crippen molar-refractivity contribution in [3.63, 3.8) is 0 Å². The summed E-state index contributed by atoms with van der Waals surface area (Å²) in [6.07, 6.45) is 1.57. The summed E-state index contributed by atoms with van der Waals surface area (Å²) in [7, 11) is 0. The number of hydrogen-bond acceptors (Lipinski definition) is 4. The van der Waals surface area contributed by atoms with E-state index in [1.165, 1.54) is 0 Å². The van der Waals surface area contributed by atoms with E-state index in [2.05, 4.69) is 10.3 Å². The maximum absolute atomic E-state index is 12.5. The molecular weight excluding hydrogens is 306 g/mol. The number of pyridine rings is 1. The van der Waals surface area contributed by atoms with Gasteiger partial charge in [0, 0.05) is 24.2 Å². The van der Waals surface area contributed by atoms with Crippen LogP contribution in [0.3, 0.4) is 0 Å². The van der Waals surface area contributed by atoms with Gasteiger partial charge in [0.25, 0.3) is 5.91 Å². The van der Waals surface area contributed by atoms with Crippen LogP contribution in [0.4, 0.5) is 5.82 Å². The predicted octanol–water partition coefficient (Wildman–Crippen LogP) is 3.89. The second-order valence-corrected chi connectivity index (χ2v) is 5.92. The first-order chi connectivity index (χ1) is 10.2. The van der Waals surface area contributed by atoms with Gasteiger partial charge in [0.2, 0.25) is 0 Å². The third kappa shape index (κ3) is 3.95. The maximum Gasteiger partial charge on any atom is 0.255 e. The molecule has 0 atom stereocenters. The molecule has 0 saturated carbocycles. The summed E-state index contributed by atoms with van der Waals surface area (Å²) in [5, 5.41) is 5.53. The fourth-order valence-electron chi connectivity index (χ4n) is 1.95. The molecule has 0 spiro atoms. The molecule has 0 unspecified atom stereocenters. The lowest BCUT2D eigenvalue weighted by Gasteiger charge is -2.20. The molecule has 1 N–H and O–H groups in total. The second-order valence-electron chi connectivity index (χ2n) is 4.48. The maximum atomic E-state index is 12.5. The van der Waals surface area contributed by atoms with E-state index in [9.17, 15) is 4.79 Å². The number of halogens is 1. The van der Waals surface area contributed by atoms with Gasteiger partial charge in [0.05, 0.1) is 17.1 Å². The Bertz CT molecular complexity index is 601. The number of nitrogens with one attached hydrogen (secondary N) is 1. The highest BCUT2D eigenvalue weighted by Gasteiger charge is 2.16. The smallest absolute Gasteiger partial charge is 0.255 e. The Morgan fingerprint density at radius 3 is 2.86 bits per heavy atom. The highest BCUT2D eigenvalue weighted by Crippen LogP contribution is 2.21. The summed E-state index contributed by atoms with van der Waals surface area (Å²) in [4.78, 5) is 19.7. The Hall–Kier alpha value is -1.59. The van der Waals surface area contributed by atoms with Crippen molar-refractivity contribution in [3.8, 4) is 0 Å². The molecule has 1 amide bonds.